The SMILES string of the molecule is CN(C)C(=O)C1(C(=O)N[C@@H]2Cc3ccccc3[C@H]2NC(=O)CS(=O)(=O)N(C)C)CC1. The van der Waals surface area contributed by atoms with Gasteiger partial charge in [0.25, 0.3) is 0 Å². The number of nitrogens with one attached hydrogen (secondary N) is 2. The van der Waals surface area contributed by atoms with E-state index in [9.17, 15) is 22.8 Å². The van der Waals surface area contributed by atoms with E-state index in [1.54, 1.807) is 14.1 Å². The first-order valence-corrected chi connectivity index (χ1v) is 11.4. The van der Waals surface area contributed by atoms with E-state index < -0.39 is 39.2 Å². The van der Waals surface area contributed by atoms with Crippen LogP contribution < -0.4 is 10.6 Å². The Kier molecular flexibility index (Phi) is 5.92. The van der Waals surface area contributed by atoms with E-state index in [0.29, 0.717) is 19.3 Å². The number of rotatable bonds is 7. The second-order valence-electron chi connectivity index (χ2n) is 8.35. The number of nitrogens with zero attached hydrogens (tertiary/aromatic N) is 2. The highest BCUT2D eigenvalue weighted by Gasteiger charge is 2.58. The van der Waals surface area contributed by atoms with Crippen molar-refractivity contribution in [1.29, 1.82) is 0 Å². The molecule has 10 heteroatoms. The number of amides is 3. The Labute approximate surface area is 176 Å². The van der Waals surface area contributed by atoms with Crippen molar-refractivity contribution in [2.75, 3.05) is 33.9 Å². The number of benzene rings is 1. The van der Waals surface area contributed by atoms with Gasteiger partial charge in [-0.15, -0.1) is 0 Å². The fraction of sp³-hybridized carbons (Fsp3) is 0.550. The monoisotopic (exact) mass is 436 g/mol. The molecule has 0 aliphatic heterocycles. The predicted molar refractivity (Wildman–Crippen MR) is 111 cm³/mol. The van der Waals surface area contributed by atoms with Gasteiger partial charge in [-0.3, -0.25) is 14.4 Å². The second-order valence-corrected chi connectivity index (χ2v) is 10.5. The molecule has 1 fully saturated rings. The van der Waals surface area contributed by atoms with Crippen LogP contribution in [-0.2, 0) is 30.8 Å². The van der Waals surface area contributed by atoms with Crippen LogP contribution in [0.5, 0.6) is 0 Å². The lowest BCUT2D eigenvalue weighted by atomic mass is 10.0. The predicted octanol–water partition coefficient (Wildman–Crippen LogP) is -0.355. The molecule has 0 radical (unpaired) electrons. The number of carbonyl (C=O) groups excluding carboxylic acids is 3. The molecule has 0 spiro atoms. The summed E-state index contributed by atoms with van der Waals surface area (Å²) in [5.74, 6) is -1.90. The molecule has 2 atom stereocenters. The van der Waals surface area contributed by atoms with Crippen molar-refractivity contribution in [3.05, 3.63) is 35.4 Å². The summed E-state index contributed by atoms with van der Waals surface area (Å²) >= 11 is 0. The van der Waals surface area contributed by atoms with Gasteiger partial charge in [0.05, 0.1) is 12.1 Å². The van der Waals surface area contributed by atoms with E-state index in [2.05, 4.69) is 10.6 Å². The van der Waals surface area contributed by atoms with Gasteiger partial charge < -0.3 is 15.5 Å². The van der Waals surface area contributed by atoms with E-state index >= 15 is 0 Å². The van der Waals surface area contributed by atoms with Crippen molar-refractivity contribution in [3.8, 4) is 0 Å². The van der Waals surface area contributed by atoms with Crippen LogP contribution in [-0.4, -0.2) is 75.3 Å². The summed E-state index contributed by atoms with van der Waals surface area (Å²) in [4.78, 5) is 39.3. The lowest BCUT2D eigenvalue weighted by molar-refractivity contribution is -0.143. The van der Waals surface area contributed by atoms with Crippen molar-refractivity contribution >= 4 is 27.7 Å². The van der Waals surface area contributed by atoms with Crippen LogP contribution in [0, 0.1) is 5.41 Å². The molecule has 2 aliphatic carbocycles. The smallest absolute Gasteiger partial charge is 0.237 e. The van der Waals surface area contributed by atoms with Crippen LogP contribution in [0.3, 0.4) is 0 Å². The lowest BCUT2D eigenvalue weighted by Gasteiger charge is -2.26. The van der Waals surface area contributed by atoms with Gasteiger partial charge in [-0.2, -0.15) is 0 Å². The minimum atomic E-state index is -3.71. The fourth-order valence-electron chi connectivity index (χ4n) is 3.82. The summed E-state index contributed by atoms with van der Waals surface area (Å²) in [7, 11) is 2.27. The minimum absolute atomic E-state index is 0.229. The van der Waals surface area contributed by atoms with E-state index in [-0.39, 0.29) is 11.8 Å². The maximum absolute atomic E-state index is 13.0. The van der Waals surface area contributed by atoms with Crippen LogP contribution in [0.2, 0.25) is 0 Å². The molecule has 0 unspecified atom stereocenters. The van der Waals surface area contributed by atoms with Crippen LogP contribution in [0.4, 0.5) is 0 Å². The first kappa shape index (κ1) is 22.2. The quantitative estimate of drug-likeness (QED) is 0.567. The van der Waals surface area contributed by atoms with Crippen LogP contribution in [0.25, 0.3) is 0 Å². The summed E-state index contributed by atoms with van der Waals surface area (Å²) in [6.07, 6.45) is 1.47. The second kappa shape index (κ2) is 7.99. The molecule has 1 aromatic carbocycles. The van der Waals surface area contributed by atoms with Crippen LogP contribution in [0.1, 0.15) is 30.0 Å². The van der Waals surface area contributed by atoms with Gasteiger partial charge >= 0.3 is 0 Å². The number of fused-ring (bicyclic) bond motifs is 1. The van der Waals surface area contributed by atoms with Crippen molar-refractivity contribution in [3.63, 3.8) is 0 Å². The highest BCUT2D eigenvalue weighted by Crippen LogP contribution is 2.47. The normalized spacial score (nSPS) is 21.6. The lowest BCUT2D eigenvalue weighted by Crippen LogP contribution is -2.50. The summed E-state index contributed by atoms with van der Waals surface area (Å²) in [5.41, 5.74) is 0.760. The van der Waals surface area contributed by atoms with E-state index in [0.717, 1.165) is 15.4 Å². The number of carbonyl (C=O) groups is 3. The van der Waals surface area contributed by atoms with Crippen molar-refractivity contribution < 1.29 is 22.8 Å². The molecule has 9 nitrogen and oxygen atoms in total. The third kappa shape index (κ3) is 4.20. The maximum atomic E-state index is 13.0. The number of sulfonamides is 1. The van der Waals surface area contributed by atoms with Gasteiger partial charge in [0.2, 0.25) is 27.7 Å². The molecule has 1 aromatic rings. The zero-order chi connectivity index (χ0) is 22.3. The summed E-state index contributed by atoms with van der Waals surface area (Å²) < 4.78 is 25.1. The third-order valence-electron chi connectivity index (χ3n) is 5.74. The Balaban J connectivity index is 1.78. The molecule has 1 saturated carbocycles. The van der Waals surface area contributed by atoms with E-state index in [4.69, 9.17) is 0 Å². The Morgan fingerprint density at radius 3 is 2.27 bits per heavy atom. The summed E-state index contributed by atoms with van der Waals surface area (Å²) in [6, 6.07) is 6.43. The highest BCUT2D eigenvalue weighted by atomic mass is 32.2. The minimum Gasteiger partial charge on any atom is -0.350 e. The van der Waals surface area contributed by atoms with Gasteiger partial charge in [-0.25, -0.2) is 12.7 Å². The maximum Gasteiger partial charge on any atom is 0.237 e. The molecule has 0 saturated heterocycles. The Morgan fingerprint density at radius 2 is 1.70 bits per heavy atom. The molecule has 3 rings (SSSR count). The molecule has 0 bridgehead atoms. The largest absolute Gasteiger partial charge is 0.350 e. The Bertz CT molecular complexity index is 969. The number of hydrogen-bond donors (Lipinski definition) is 2. The Morgan fingerprint density at radius 1 is 1.07 bits per heavy atom. The summed E-state index contributed by atoms with van der Waals surface area (Å²) in [5, 5.41) is 5.71. The van der Waals surface area contributed by atoms with E-state index in [1.807, 2.05) is 24.3 Å². The molecule has 0 heterocycles. The first-order valence-electron chi connectivity index (χ1n) is 9.78. The topological polar surface area (TPSA) is 116 Å². The summed E-state index contributed by atoms with van der Waals surface area (Å²) in [6.45, 7) is 0. The Hall–Kier alpha value is -2.46. The molecular weight excluding hydrogens is 408 g/mol. The van der Waals surface area contributed by atoms with Gasteiger partial charge in [0.1, 0.15) is 11.2 Å². The molecular formula is C20H28N4O5S. The average molecular weight is 437 g/mol. The first-order chi connectivity index (χ1) is 14.0. The molecule has 3 amide bonds. The number of hydrogen-bond acceptors (Lipinski definition) is 5. The van der Waals surface area contributed by atoms with Crippen molar-refractivity contribution in [2.24, 2.45) is 5.41 Å². The molecule has 0 aromatic heterocycles. The third-order valence-corrected chi connectivity index (χ3v) is 7.48. The van der Waals surface area contributed by atoms with Crippen molar-refractivity contribution in [1.82, 2.24) is 19.8 Å². The molecule has 2 N–H and O–H groups in total. The van der Waals surface area contributed by atoms with Gasteiger partial charge in [-0.05, 0) is 30.4 Å². The standard InChI is InChI=1S/C20H28N4O5S/c1-23(2)19(27)20(9-10-20)18(26)21-15-11-13-7-5-6-8-14(13)17(15)22-16(25)12-30(28,29)24(3)4/h5-8,15,17H,9-12H2,1-4H3,(H,21,26)(H,22,25)/t15-,17-/m1/s1. The van der Waals surface area contributed by atoms with E-state index in [1.165, 1.54) is 19.0 Å². The van der Waals surface area contributed by atoms with Gasteiger partial charge in [0.15, 0.2) is 0 Å². The fourth-order valence-corrected chi connectivity index (χ4v) is 4.49. The van der Waals surface area contributed by atoms with Gasteiger partial charge in [0, 0.05) is 28.2 Å². The van der Waals surface area contributed by atoms with Crippen LogP contribution in [0.15, 0.2) is 24.3 Å². The molecule has 2 aliphatic rings. The highest BCUT2D eigenvalue weighted by molar-refractivity contribution is 7.89. The zero-order valence-corrected chi connectivity index (χ0v) is 18.5. The molecule has 164 valence electrons. The zero-order valence-electron chi connectivity index (χ0n) is 17.6. The van der Waals surface area contributed by atoms with Crippen LogP contribution >= 0.6 is 0 Å². The molecule has 30 heavy (non-hydrogen) atoms. The van der Waals surface area contributed by atoms with Gasteiger partial charge in [-0.1, -0.05) is 24.3 Å². The average Bonchev–Trinajstić information content (AvgIpc) is 3.40. The van der Waals surface area contributed by atoms with Crippen molar-refractivity contribution in [2.45, 2.75) is 31.3 Å².